The van der Waals surface area contributed by atoms with E-state index in [1.54, 1.807) is 12.1 Å². The molecule has 8 nitrogen and oxygen atoms in total. The fourth-order valence-corrected chi connectivity index (χ4v) is 4.33. The van der Waals surface area contributed by atoms with Crippen LogP contribution in [0.25, 0.3) is 22.6 Å². The second-order valence-corrected chi connectivity index (χ2v) is 8.47. The number of piperazine rings is 1. The van der Waals surface area contributed by atoms with Crippen LogP contribution in [0.1, 0.15) is 21.8 Å². The molecule has 1 fully saturated rings. The molecule has 1 aliphatic rings. The number of para-hydroxylation sites is 2. The molecule has 0 aliphatic carbocycles. The number of carbonyl (C=O) groups is 1. The van der Waals surface area contributed by atoms with Gasteiger partial charge >= 0.3 is 11.8 Å². The summed E-state index contributed by atoms with van der Waals surface area (Å²) in [5, 5.41) is 7.77. The van der Waals surface area contributed by atoms with E-state index in [0.29, 0.717) is 24.5 Å². The van der Waals surface area contributed by atoms with Gasteiger partial charge in [-0.2, -0.15) is 4.98 Å². The third-order valence-electron chi connectivity index (χ3n) is 6.26. The van der Waals surface area contributed by atoms with Crippen molar-refractivity contribution in [3.8, 4) is 11.6 Å². The van der Waals surface area contributed by atoms with E-state index in [1.165, 1.54) is 6.07 Å². The molecule has 5 rings (SSSR count). The normalized spacial score (nSPS) is 14.6. The number of halogens is 1. The number of carbonyl (C=O) groups excluding carboxylic acids is 1. The van der Waals surface area contributed by atoms with Gasteiger partial charge in [0.1, 0.15) is 11.4 Å². The van der Waals surface area contributed by atoms with Crippen LogP contribution in [0.5, 0.6) is 0 Å². The van der Waals surface area contributed by atoms with Crippen molar-refractivity contribution in [2.24, 2.45) is 0 Å². The molecule has 0 radical (unpaired) electrons. The molecule has 2 aromatic heterocycles. The summed E-state index contributed by atoms with van der Waals surface area (Å²) >= 11 is 0. The maximum Gasteiger partial charge on any atom is 0.316 e. The second kappa shape index (κ2) is 9.26. The summed E-state index contributed by atoms with van der Waals surface area (Å²) in [6.45, 7) is 8.08. The van der Waals surface area contributed by atoms with Crippen molar-refractivity contribution < 1.29 is 18.1 Å². The first-order valence-corrected chi connectivity index (χ1v) is 11.3. The minimum Gasteiger partial charge on any atom is -0.452 e. The van der Waals surface area contributed by atoms with E-state index in [-0.39, 0.29) is 17.5 Å². The monoisotopic (exact) mass is 463 g/mol. The summed E-state index contributed by atoms with van der Waals surface area (Å²) in [7, 11) is 0. The second-order valence-electron chi connectivity index (χ2n) is 8.47. The molecule has 1 saturated heterocycles. The molecule has 3 heterocycles. The zero-order valence-electron chi connectivity index (χ0n) is 19.2. The average molecular weight is 464 g/mol. The van der Waals surface area contributed by atoms with Gasteiger partial charge < -0.3 is 19.2 Å². The van der Waals surface area contributed by atoms with Gasteiger partial charge in [0.05, 0.1) is 5.69 Å². The summed E-state index contributed by atoms with van der Waals surface area (Å²) in [6.07, 6.45) is 0. The topological polar surface area (TPSA) is 87.6 Å². The Morgan fingerprint density at radius 3 is 2.65 bits per heavy atom. The number of furan rings is 1. The average Bonchev–Trinajstić information content (AvgIpc) is 3.46. The molecule has 0 saturated carbocycles. The van der Waals surface area contributed by atoms with Gasteiger partial charge in [-0.3, -0.25) is 9.69 Å². The Morgan fingerprint density at radius 2 is 1.88 bits per heavy atom. The third-order valence-corrected chi connectivity index (χ3v) is 6.26. The van der Waals surface area contributed by atoms with Gasteiger partial charge in [-0.1, -0.05) is 35.5 Å². The molecule has 0 unspecified atom stereocenters. The first-order valence-electron chi connectivity index (χ1n) is 11.3. The first kappa shape index (κ1) is 22.1. The molecular formula is C25H26FN5O3. The molecule has 1 N–H and O–H groups in total. The van der Waals surface area contributed by atoms with Crippen LogP contribution < -0.4 is 10.2 Å². The predicted molar refractivity (Wildman–Crippen MR) is 126 cm³/mol. The quantitative estimate of drug-likeness (QED) is 0.465. The van der Waals surface area contributed by atoms with Crippen molar-refractivity contribution in [1.82, 2.24) is 20.4 Å². The molecular weight excluding hydrogens is 437 g/mol. The summed E-state index contributed by atoms with van der Waals surface area (Å²) in [4.78, 5) is 21.0. The van der Waals surface area contributed by atoms with Crippen LogP contribution in [0.4, 0.5) is 10.1 Å². The van der Waals surface area contributed by atoms with E-state index >= 15 is 0 Å². The van der Waals surface area contributed by atoms with Gasteiger partial charge in [0.2, 0.25) is 5.82 Å². The standard InChI is InChI=1S/C25H26FN5O3/c1-16-6-5-7-18-17(2)22(33-21(16)18)23-28-25(34-29-23)24(32)27-10-11-30-12-14-31(15-13-30)20-9-4-3-8-19(20)26/h3-9H,10-15H2,1-2H3,(H,27,32). The largest absolute Gasteiger partial charge is 0.452 e. The SMILES string of the molecule is Cc1c(-c2noc(C(=O)NCCN3CCN(c4ccccc4F)CC3)n2)oc2c(C)cccc12. The zero-order valence-corrected chi connectivity index (χ0v) is 19.2. The fraction of sp³-hybridized carbons (Fsp3) is 0.320. The van der Waals surface area contributed by atoms with Crippen molar-refractivity contribution in [2.75, 3.05) is 44.2 Å². The molecule has 2 aromatic carbocycles. The number of hydrogen-bond donors (Lipinski definition) is 1. The van der Waals surface area contributed by atoms with E-state index in [2.05, 4.69) is 20.4 Å². The van der Waals surface area contributed by atoms with Crippen molar-refractivity contribution in [1.29, 1.82) is 0 Å². The van der Waals surface area contributed by atoms with Gasteiger partial charge in [0, 0.05) is 50.2 Å². The lowest BCUT2D eigenvalue weighted by atomic mass is 10.1. The van der Waals surface area contributed by atoms with Crippen LogP contribution in [0.15, 0.2) is 51.4 Å². The molecule has 0 spiro atoms. The van der Waals surface area contributed by atoms with E-state index < -0.39 is 5.91 Å². The lowest BCUT2D eigenvalue weighted by molar-refractivity contribution is 0.0904. The zero-order chi connectivity index (χ0) is 23.7. The van der Waals surface area contributed by atoms with Crippen LogP contribution in [0, 0.1) is 19.7 Å². The highest BCUT2D eigenvalue weighted by Gasteiger charge is 2.23. The number of aromatic nitrogens is 2. The van der Waals surface area contributed by atoms with Crippen molar-refractivity contribution >= 4 is 22.6 Å². The van der Waals surface area contributed by atoms with Crippen molar-refractivity contribution in [2.45, 2.75) is 13.8 Å². The molecule has 0 bridgehead atoms. The van der Waals surface area contributed by atoms with Crippen LogP contribution in [0.2, 0.25) is 0 Å². The third kappa shape index (κ3) is 4.26. The van der Waals surface area contributed by atoms with E-state index in [9.17, 15) is 9.18 Å². The molecule has 1 amide bonds. The van der Waals surface area contributed by atoms with Crippen molar-refractivity contribution in [3.63, 3.8) is 0 Å². The molecule has 176 valence electrons. The molecule has 9 heteroatoms. The molecule has 0 atom stereocenters. The lowest BCUT2D eigenvalue weighted by Gasteiger charge is -2.36. The van der Waals surface area contributed by atoms with Gasteiger partial charge in [0.15, 0.2) is 5.76 Å². The number of anilines is 1. The Kier molecular flexibility index (Phi) is 6.02. The Hall–Kier alpha value is -3.72. The highest BCUT2D eigenvalue weighted by atomic mass is 19.1. The summed E-state index contributed by atoms with van der Waals surface area (Å²) in [5.41, 5.74) is 3.34. The Balaban J connectivity index is 1.15. The minimum absolute atomic E-state index is 0.101. The molecule has 4 aromatic rings. The van der Waals surface area contributed by atoms with E-state index in [1.807, 2.05) is 43.0 Å². The van der Waals surface area contributed by atoms with Crippen LogP contribution in [0.3, 0.4) is 0 Å². The van der Waals surface area contributed by atoms with Gasteiger partial charge in [-0.05, 0) is 31.5 Å². The highest BCUT2D eigenvalue weighted by Crippen LogP contribution is 2.33. The summed E-state index contributed by atoms with van der Waals surface area (Å²) in [6, 6.07) is 12.8. The fourth-order valence-electron chi connectivity index (χ4n) is 4.33. The lowest BCUT2D eigenvalue weighted by Crippen LogP contribution is -2.48. The Morgan fingerprint density at radius 1 is 1.09 bits per heavy atom. The maximum atomic E-state index is 14.0. The van der Waals surface area contributed by atoms with Crippen LogP contribution in [-0.4, -0.2) is 60.2 Å². The Bertz CT molecular complexity index is 1320. The Labute approximate surface area is 196 Å². The van der Waals surface area contributed by atoms with Crippen molar-refractivity contribution in [3.05, 3.63) is 65.3 Å². The number of amides is 1. The highest BCUT2D eigenvalue weighted by molar-refractivity contribution is 5.91. The number of nitrogens with zero attached hydrogens (tertiary/aromatic N) is 4. The number of fused-ring (bicyclic) bond motifs is 1. The van der Waals surface area contributed by atoms with E-state index in [0.717, 1.165) is 48.3 Å². The number of nitrogens with one attached hydrogen (secondary N) is 1. The molecule has 1 aliphatic heterocycles. The number of hydrogen-bond acceptors (Lipinski definition) is 7. The summed E-state index contributed by atoms with van der Waals surface area (Å²) < 4.78 is 25.2. The van der Waals surface area contributed by atoms with Crippen LogP contribution in [-0.2, 0) is 0 Å². The number of rotatable bonds is 6. The van der Waals surface area contributed by atoms with Gasteiger partial charge in [-0.15, -0.1) is 0 Å². The summed E-state index contributed by atoms with van der Waals surface area (Å²) in [5.74, 6) is 0.0297. The van der Waals surface area contributed by atoms with Gasteiger partial charge in [-0.25, -0.2) is 4.39 Å². The van der Waals surface area contributed by atoms with E-state index in [4.69, 9.17) is 8.94 Å². The maximum absolute atomic E-state index is 14.0. The van der Waals surface area contributed by atoms with Gasteiger partial charge in [0.25, 0.3) is 0 Å². The number of aryl methyl sites for hydroxylation is 2. The first-order chi connectivity index (χ1) is 16.5. The number of benzene rings is 2. The minimum atomic E-state index is -0.423. The predicted octanol–water partition coefficient (Wildman–Crippen LogP) is 3.79. The molecule has 34 heavy (non-hydrogen) atoms. The van der Waals surface area contributed by atoms with Crippen LogP contribution >= 0.6 is 0 Å². The smallest absolute Gasteiger partial charge is 0.316 e.